The van der Waals surface area contributed by atoms with Crippen LogP contribution in [0.5, 0.6) is 0 Å². The lowest BCUT2D eigenvalue weighted by Crippen LogP contribution is -2.05. The van der Waals surface area contributed by atoms with Gasteiger partial charge in [0, 0.05) is 8.47 Å². The normalized spacial score (nSPS) is 13.5. The predicted molar refractivity (Wildman–Crippen MR) is 73.4 cm³/mol. The van der Waals surface area contributed by atoms with Crippen molar-refractivity contribution in [2.45, 2.75) is 22.2 Å². The Morgan fingerprint density at radius 1 is 1.47 bits per heavy atom. The van der Waals surface area contributed by atoms with Crippen LogP contribution in [-0.4, -0.2) is 11.3 Å². The lowest BCUT2D eigenvalue weighted by atomic mass is 10.1. The highest BCUT2D eigenvalue weighted by Crippen LogP contribution is 2.41. The van der Waals surface area contributed by atoms with E-state index in [1.165, 1.54) is 19.1 Å². The van der Waals surface area contributed by atoms with Gasteiger partial charge in [0.05, 0.1) is 4.83 Å². The molecule has 0 heterocycles. The molecule has 0 aliphatic carbocycles. The quantitative estimate of drug-likeness (QED) is 0.378. The topological polar surface area (TPSA) is 17.1 Å². The Morgan fingerprint density at radius 3 is 2.53 bits per heavy atom. The van der Waals surface area contributed by atoms with E-state index in [4.69, 9.17) is 0 Å². The zero-order valence-electron chi connectivity index (χ0n) is 8.52. The Kier molecular flexibility index (Phi) is 5.33. The molecule has 1 unspecified atom stereocenters. The molecule has 94 valence electrons. The molecule has 0 radical (unpaired) electrons. The van der Waals surface area contributed by atoms with Gasteiger partial charge in [-0.1, -0.05) is 28.1 Å². The van der Waals surface area contributed by atoms with Crippen LogP contribution in [0.15, 0.2) is 23.1 Å². The van der Waals surface area contributed by atoms with E-state index in [0.29, 0.717) is 9.13 Å². The third kappa shape index (κ3) is 4.44. The zero-order chi connectivity index (χ0) is 13.2. The molecule has 1 rings (SSSR count). The van der Waals surface area contributed by atoms with Crippen LogP contribution in [0.3, 0.4) is 0 Å². The fourth-order valence-electron chi connectivity index (χ4n) is 1.15. The molecule has 0 spiro atoms. The maximum atomic E-state index is 12.3. The standard InChI is InChI=1S/C10H7BrF3IOS/c1-5(16)8(11)6-3-2-4-7(9(6)15)17-10(12,13)14/h2-4,8H,1H3. The summed E-state index contributed by atoms with van der Waals surface area (Å²) in [7, 11) is 0. The highest BCUT2D eigenvalue weighted by atomic mass is 127. The Hall–Kier alpha value is 0.240. The number of Topliss-reactive ketones (excluding diaryl/α,β-unsaturated/α-hetero) is 1. The summed E-state index contributed by atoms with van der Waals surface area (Å²) in [4.78, 5) is 10.8. The Balaban J connectivity index is 3.12. The summed E-state index contributed by atoms with van der Waals surface area (Å²) >= 11 is 4.83. The number of carbonyl (C=O) groups is 1. The highest BCUT2D eigenvalue weighted by Gasteiger charge is 2.31. The predicted octanol–water partition coefficient (Wildman–Crippen LogP) is 4.93. The third-order valence-electron chi connectivity index (χ3n) is 1.85. The first-order valence-electron chi connectivity index (χ1n) is 4.41. The van der Waals surface area contributed by atoms with Crippen LogP contribution in [0.1, 0.15) is 17.3 Å². The second-order valence-electron chi connectivity index (χ2n) is 3.18. The Morgan fingerprint density at radius 2 is 2.06 bits per heavy atom. The van der Waals surface area contributed by atoms with Crippen LogP contribution in [0.2, 0.25) is 0 Å². The van der Waals surface area contributed by atoms with E-state index in [-0.39, 0.29) is 22.4 Å². The van der Waals surface area contributed by atoms with Gasteiger partial charge in [0.2, 0.25) is 0 Å². The van der Waals surface area contributed by atoms with Gasteiger partial charge in [0.15, 0.2) is 0 Å². The van der Waals surface area contributed by atoms with E-state index in [9.17, 15) is 18.0 Å². The molecule has 0 fully saturated rings. The summed E-state index contributed by atoms with van der Waals surface area (Å²) in [6.45, 7) is 1.39. The van der Waals surface area contributed by atoms with Crippen LogP contribution in [0, 0.1) is 3.57 Å². The minimum Gasteiger partial charge on any atom is -0.298 e. The molecule has 0 saturated heterocycles. The van der Waals surface area contributed by atoms with Crippen molar-refractivity contribution in [3.8, 4) is 0 Å². The van der Waals surface area contributed by atoms with Crippen molar-refractivity contribution in [3.63, 3.8) is 0 Å². The average molecular weight is 439 g/mol. The van der Waals surface area contributed by atoms with Gasteiger partial charge in [-0.15, -0.1) is 0 Å². The minimum absolute atomic E-state index is 0.112. The molecule has 17 heavy (non-hydrogen) atoms. The van der Waals surface area contributed by atoms with E-state index < -0.39 is 10.3 Å². The number of rotatable bonds is 3. The molecule has 0 amide bonds. The summed E-state index contributed by atoms with van der Waals surface area (Å²) in [5.41, 5.74) is -3.76. The number of benzene rings is 1. The van der Waals surface area contributed by atoms with Gasteiger partial charge in [-0.2, -0.15) is 13.2 Å². The van der Waals surface area contributed by atoms with Gasteiger partial charge >= 0.3 is 5.51 Å². The van der Waals surface area contributed by atoms with Crippen molar-refractivity contribution in [2.75, 3.05) is 0 Å². The molecule has 0 saturated carbocycles. The lowest BCUT2D eigenvalue weighted by molar-refractivity contribution is -0.116. The molecule has 1 nitrogen and oxygen atoms in total. The molecule has 0 aliphatic heterocycles. The van der Waals surface area contributed by atoms with Crippen LogP contribution in [-0.2, 0) is 4.79 Å². The summed E-state index contributed by atoms with van der Waals surface area (Å²) in [6.07, 6.45) is 0. The van der Waals surface area contributed by atoms with E-state index in [1.807, 2.05) is 22.6 Å². The van der Waals surface area contributed by atoms with Crippen molar-refractivity contribution in [2.24, 2.45) is 0 Å². The van der Waals surface area contributed by atoms with Gasteiger partial charge in [0.1, 0.15) is 5.78 Å². The first-order chi connectivity index (χ1) is 7.72. The number of hydrogen-bond donors (Lipinski definition) is 0. The smallest absolute Gasteiger partial charge is 0.298 e. The first-order valence-corrected chi connectivity index (χ1v) is 7.22. The summed E-state index contributed by atoms with van der Waals surface area (Å²) in [5, 5.41) is 0. The van der Waals surface area contributed by atoms with E-state index in [2.05, 4.69) is 15.9 Å². The van der Waals surface area contributed by atoms with Crippen molar-refractivity contribution >= 4 is 56.1 Å². The summed E-state index contributed by atoms with van der Waals surface area (Å²) in [5.74, 6) is -0.142. The number of hydrogen-bond acceptors (Lipinski definition) is 2. The number of thioether (sulfide) groups is 1. The highest BCUT2D eigenvalue weighted by molar-refractivity contribution is 14.1. The summed E-state index contributed by atoms with van der Waals surface area (Å²) < 4.78 is 37.3. The molecule has 0 bridgehead atoms. The minimum atomic E-state index is -4.32. The fourth-order valence-corrected chi connectivity index (χ4v) is 3.56. The molecule has 0 N–H and O–H groups in total. The van der Waals surface area contributed by atoms with Crippen molar-refractivity contribution in [3.05, 3.63) is 27.3 Å². The first kappa shape index (κ1) is 15.3. The van der Waals surface area contributed by atoms with Gasteiger partial charge in [-0.25, -0.2) is 0 Å². The second-order valence-corrected chi connectivity index (χ2v) is 6.28. The summed E-state index contributed by atoms with van der Waals surface area (Å²) in [6, 6.07) is 4.55. The number of carbonyl (C=O) groups excluding carboxylic acids is 1. The van der Waals surface area contributed by atoms with Crippen LogP contribution in [0.4, 0.5) is 13.2 Å². The zero-order valence-corrected chi connectivity index (χ0v) is 13.1. The molecule has 7 heteroatoms. The maximum Gasteiger partial charge on any atom is 0.446 e. The van der Waals surface area contributed by atoms with Crippen LogP contribution in [0.25, 0.3) is 0 Å². The van der Waals surface area contributed by atoms with E-state index in [0.717, 1.165) is 0 Å². The Bertz CT molecular complexity index is 436. The van der Waals surface area contributed by atoms with Gasteiger partial charge < -0.3 is 0 Å². The van der Waals surface area contributed by atoms with E-state index >= 15 is 0 Å². The fraction of sp³-hybridized carbons (Fsp3) is 0.300. The molecular weight excluding hydrogens is 432 g/mol. The average Bonchev–Trinajstić information content (AvgIpc) is 2.18. The molecule has 1 aromatic rings. The van der Waals surface area contributed by atoms with Crippen molar-refractivity contribution in [1.82, 2.24) is 0 Å². The van der Waals surface area contributed by atoms with Crippen molar-refractivity contribution in [1.29, 1.82) is 0 Å². The van der Waals surface area contributed by atoms with Gasteiger partial charge in [-0.3, -0.25) is 4.79 Å². The number of halogens is 5. The number of ketones is 1. The van der Waals surface area contributed by atoms with E-state index in [1.54, 1.807) is 6.07 Å². The Labute approximate surface area is 123 Å². The maximum absolute atomic E-state index is 12.3. The largest absolute Gasteiger partial charge is 0.446 e. The SMILES string of the molecule is CC(=O)C(Br)c1cccc(SC(F)(F)F)c1I. The van der Waals surface area contributed by atoms with Crippen LogP contribution < -0.4 is 0 Å². The number of alkyl halides is 4. The van der Waals surface area contributed by atoms with Gasteiger partial charge in [0.25, 0.3) is 0 Å². The van der Waals surface area contributed by atoms with Crippen molar-refractivity contribution < 1.29 is 18.0 Å². The van der Waals surface area contributed by atoms with Gasteiger partial charge in [-0.05, 0) is 52.9 Å². The molecule has 1 aromatic carbocycles. The monoisotopic (exact) mass is 438 g/mol. The lowest BCUT2D eigenvalue weighted by Gasteiger charge is -2.13. The molecule has 1 atom stereocenters. The second kappa shape index (κ2) is 5.92. The molecule has 0 aromatic heterocycles. The molecule has 0 aliphatic rings. The third-order valence-corrected chi connectivity index (χ3v) is 5.35. The van der Waals surface area contributed by atoms with Crippen LogP contribution >= 0.6 is 50.3 Å². The molecular formula is C10H7BrF3IOS.